The number of benzene rings is 2. The number of fused-ring (bicyclic) bond motifs is 6. The number of amides is 3. The number of carbonyl (C=O) groups is 3. The minimum Gasteiger partial charge on any atom is -0.350 e. The Morgan fingerprint density at radius 3 is 2.03 bits per heavy atom. The molecule has 0 unspecified atom stereocenters. The van der Waals surface area contributed by atoms with Gasteiger partial charge in [0.1, 0.15) is 18.0 Å². The molecule has 10 nitrogen and oxygen atoms in total. The third-order valence-electron chi connectivity index (χ3n) is 4.61. The number of nitrogens with one attached hydrogen (secondary N) is 5. The van der Waals surface area contributed by atoms with E-state index in [4.69, 9.17) is 0 Å². The summed E-state index contributed by atoms with van der Waals surface area (Å²) in [6.07, 6.45) is 1.43. The van der Waals surface area contributed by atoms with E-state index < -0.39 is 11.8 Å². The molecule has 0 radical (unpaired) electrons. The highest BCUT2D eigenvalue weighted by molar-refractivity contribution is 5.97. The first-order chi connectivity index (χ1) is 15.5. The van der Waals surface area contributed by atoms with Gasteiger partial charge in [-0.2, -0.15) is 0 Å². The van der Waals surface area contributed by atoms with E-state index in [-0.39, 0.29) is 19.0 Å². The van der Waals surface area contributed by atoms with Crippen LogP contribution >= 0.6 is 0 Å². The molecule has 2 heterocycles. The van der Waals surface area contributed by atoms with Crippen molar-refractivity contribution in [1.29, 1.82) is 0 Å². The Labute approximate surface area is 183 Å². The summed E-state index contributed by atoms with van der Waals surface area (Å²) in [7, 11) is 0. The Kier molecular flexibility index (Phi) is 6.21. The molecule has 5 N–H and O–H groups in total. The van der Waals surface area contributed by atoms with Gasteiger partial charge in [-0.3, -0.25) is 14.4 Å². The lowest BCUT2D eigenvalue weighted by molar-refractivity contribution is -0.125. The zero-order chi connectivity index (χ0) is 22.3. The number of nitrogens with zero attached hydrogens (tertiary/aromatic N) is 2. The smallest absolute Gasteiger partial charge is 0.251 e. The summed E-state index contributed by atoms with van der Waals surface area (Å²) < 4.78 is 0. The minimum atomic E-state index is -0.461. The standard InChI is InChI=1S/C22H21N7O3/c30-20-11-24-21(31)12-25-22(32)15-4-2-6-17(8-15)29-19-9-18(26-13-27-19)28-16-5-1-3-14(7-16)10-23-20/h1-9,13H,10-12H2,(H,23,30)(H,24,31)(H,25,32)(H2,26,27,28,29). The van der Waals surface area contributed by atoms with Crippen molar-refractivity contribution in [3.8, 4) is 0 Å². The molecule has 32 heavy (non-hydrogen) atoms. The van der Waals surface area contributed by atoms with Gasteiger partial charge in [-0.05, 0) is 35.9 Å². The van der Waals surface area contributed by atoms with Crippen LogP contribution in [0.3, 0.4) is 0 Å². The number of hydrogen-bond donors (Lipinski definition) is 5. The van der Waals surface area contributed by atoms with Crippen molar-refractivity contribution in [1.82, 2.24) is 25.9 Å². The maximum atomic E-state index is 12.4. The van der Waals surface area contributed by atoms with Crippen LogP contribution in [0.4, 0.5) is 23.0 Å². The third kappa shape index (κ3) is 5.57. The molecule has 1 aliphatic heterocycles. The monoisotopic (exact) mass is 431 g/mol. The van der Waals surface area contributed by atoms with Crippen LogP contribution in [-0.2, 0) is 16.1 Å². The van der Waals surface area contributed by atoms with Crippen molar-refractivity contribution in [3.63, 3.8) is 0 Å². The highest BCUT2D eigenvalue weighted by Gasteiger charge is 2.11. The van der Waals surface area contributed by atoms with Crippen LogP contribution in [0.1, 0.15) is 15.9 Å². The van der Waals surface area contributed by atoms with Gasteiger partial charge in [0.15, 0.2) is 0 Å². The normalized spacial score (nSPS) is 14.7. The van der Waals surface area contributed by atoms with Crippen LogP contribution in [0.5, 0.6) is 0 Å². The molecule has 1 aromatic heterocycles. The molecule has 0 atom stereocenters. The van der Waals surface area contributed by atoms with Crippen LogP contribution in [0.25, 0.3) is 0 Å². The van der Waals surface area contributed by atoms with Gasteiger partial charge in [-0.1, -0.05) is 18.2 Å². The van der Waals surface area contributed by atoms with E-state index in [1.165, 1.54) is 6.33 Å². The van der Waals surface area contributed by atoms with Crippen molar-refractivity contribution in [2.75, 3.05) is 23.7 Å². The van der Waals surface area contributed by atoms with E-state index in [0.717, 1.165) is 11.3 Å². The quantitative estimate of drug-likeness (QED) is 0.363. The average molecular weight is 431 g/mol. The molecule has 6 bridgehead atoms. The van der Waals surface area contributed by atoms with Crippen LogP contribution in [0, 0.1) is 0 Å². The highest BCUT2D eigenvalue weighted by Crippen LogP contribution is 2.21. The van der Waals surface area contributed by atoms with Gasteiger partial charge in [0.05, 0.1) is 13.1 Å². The van der Waals surface area contributed by atoms with Crippen molar-refractivity contribution in [2.24, 2.45) is 0 Å². The fourth-order valence-corrected chi connectivity index (χ4v) is 3.05. The summed E-state index contributed by atoms with van der Waals surface area (Å²) in [6, 6.07) is 16.1. The first kappa shape index (κ1) is 20.8. The Hall–Kier alpha value is -4.47. The first-order valence-corrected chi connectivity index (χ1v) is 9.92. The number of carbonyl (C=O) groups excluding carboxylic acids is 3. The molecule has 0 fully saturated rings. The fraction of sp³-hybridized carbons (Fsp3) is 0.136. The van der Waals surface area contributed by atoms with Gasteiger partial charge in [0.25, 0.3) is 5.91 Å². The molecule has 4 rings (SSSR count). The zero-order valence-electron chi connectivity index (χ0n) is 17.0. The predicted molar refractivity (Wildman–Crippen MR) is 119 cm³/mol. The van der Waals surface area contributed by atoms with Crippen LogP contribution in [0.2, 0.25) is 0 Å². The van der Waals surface area contributed by atoms with E-state index >= 15 is 0 Å². The van der Waals surface area contributed by atoms with Crippen molar-refractivity contribution in [2.45, 2.75) is 6.54 Å². The van der Waals surface area contributed by atoms with E-state index in [1.54, 1.807) is 30.3 Å². The van der Waals surface area contributed by atoms with Gasteiger partial charge in [0.2, 0.25) is 11.8 Å². The SMILES string of the molecule is O=C1CNC(=O)CNC(=O)c2cccc(c2)Nc2cc(ncn2)Nc2cccc(c2)CN1. The van der Waals surface area contributed by atoms with Crippen molar-refractivity contribution in [3.05, 3.63) is 72.1 Å². The number of rotatable bonds is 0. The summed E-state index contributed by atoms with van der Waals surface area (Å²) in [5, 5.41) is 14.1. The zero-order valence-corrected chi connectivity index (χ0v) is 17.0. The number of hydrogen-bond acceptors (Lipinski definition) is 7. The maximum absolute atomic E-state index is 12.4. The van der Waals surface area contributed by atoms with Gasteiger partial charge < -0.3 is 26.6 Å². The molecule has 3 amide bonds. The summed E-state index contributed by atoms with van der Waals surface area (Å²) in [5.41, 5.74) is 2.70. The van der Waals surface area contributed by atoms with E-state index in [1.807, 2.05) is 24.3 Å². The predicted octanol–water partition coefficient (Wildman–Crippen LogP) is 1.44. The molecule has 3 aromatic rings. The lowest BCUT2D eigenvalue weighted by Crippen LogP contribution is -2.41. The number of aromatic nitrogens is 2. The molecule has 0 saturated heterocycles. The summed E-state index contributed by atoms with van der Waals surface area (Å²) >= 11 is 0. The first-order valence-electron chi connectivity index (χ1n) is 9.92. The van der Waals surface area contributed by atoms with Crippen LogP contribution < -0.4 is 26.6 Å². The Balaban J connectivity index is 1.61. The molecule has 0 saturated carbocycles. The molecule has 1 aliphatic rings. The molecule has 0 spiro atoms. The highest BCUT2D eigenvalue weighted by atomic mass is 16.2. The molecule has 0 aliphatic carbocycles. The maximum Gasteiger partial charge on any atom is 0.251 e. The second kappa shape index (κ2) is 9.56. The Morgan fingerprint density at radius 1 is 0.656 bits per heavy atom. The molecule has 2 aromatic carbocycles. The van der Waals surface area contributed by atoms with E-state index in [9.17, 15) is 14.4 Å². The third-order valence-corrected chi connectivity index (χ3v) is 4.61. The lowest BCUT2D eigenvalue weighted by atomic mass is 10.2. The van der Waals surface area contributed by atoms with Crippen molar-refractivity contribution < 1.29 is 14.4 Å². The van der Waals surface area contributed by atoms with Gasteiger partial charge in [-0.15, -0.1) is 0 Å². The molecular formula is C22H21N7O3. The topological polar surface area (TPSA) is 137 Å². The van der Waals surface area contributed by atoms with Crippen molar-refractivity contribution >= 4 is 40.7 Å². The van der Waals surface area contributed by atoms with Crippen LogP contribution in [0.15, 0.2) is 60.9 Å². The molecular weight excluding hydrogens is 410 g/mol. The summed E-state index contributed by atoms with van der Waals surface area (Å²) in [5.74, 6) is -0.0910. The summed E-state index contributed by atoms with van der Waals surface area (Å²) in [4.78, 5) is 44.9. The summed E-state index contributed by atoms with van der Waals surface area (Å²) in [6.45, 7) is -0.130. The fourth-order valence-electron chi connectivity index (χ4n) is 3.05. The second-order valence-electron chi connectivity index (χ2n) is 7.06. The average Bonchev–Trinajstić information content (AvgIpc) is 2.80. The van der Waals surface area contributed by atoms with Gasteiger partial charge in [-0.25, -0.2) is 9.97 Å². The number of anilines is 4. The molecule has 162 valence electrons. The van der Waals surface area contributed by atoms with Crippen LogP contribution in [-0.4, -0.2) is 40.8 Å². The Bertz CT molecular complexity index is 1170. The Morgan fingerprint density at radius 2 is 1.28 bits per heavy atom. The van der Waals surface area contributed by atoms with Gasteiger partial charge in [0, 0.05) is 29.5 Å². The van der Waals surface area contributed by atoms with Gasteiger partial charge >= 0.3 is 0 Å². The largest absolute Gasteiger partial charge is 0.350 e. The lowest BCUT2D eigenvalue weighted by Gasteiger charge is -2.12. The molecule has 10 heteroatoms. The second-order valence-corrected chi connectivity index (χ2v) is 7.06. The minimum absolute atomic E-state index is 0.185. The van der Waals surface area contributed by atoms with E-state index in [2.05, 4.69) is 36.6 Å². The van der Waals surface area contributed by atoms with E-state index in [0.29, 0.717) is 29.4 Å².